The van der Waals surface area contributed by atoms with E-state index >= 15 is 0 Å². The molecule has 128 valence electrons. The summed E-state index contributed by atoms with van der Waals surface area (Å²) in [6, 6.07) is 10.8. The van der Waals surface area contributed by atoms with Gasteiger partial charge in [0, 0.05) is 18.5 Å². The van der Waals surface area contributed by atoms with Crippen LogP contribution in [-0.2, 0) is 9.53 Å². The van der Waals surface area contributed by atoms with E-state index in [1.807, 2.05) is 24.3 Å². The minimum atomic E-state index is -0.506. The van der Waals surface area contributed by atoms with Gasteiger partial charge >= 0.3 is 0 Å². The minimum absolute atomic E-state index is 0.183. The highest BCUT2D eigenvalue weighted by atomic mass is 16.5. The number of morpholine rings is 1. The average molecular weight is 338 g/mol. The molecule has 7 nitrogen and oxygen atoms in total. The first-order valence-corrected chi connectivity index (χ1v) is 8.10. The molecule has 1 amide bonds. The monoisotopic (exact) mass is 338 g/mol. The van der Waals surface area contributed by atoms with Crippen molar-refractivity contribution in [3.05, 3.63) is 42.6 Å². The molecular formula is C18H18N4O3. The molecule has 2 heterocycles. The van der Waals surface area contributed by atoms with Crippen LogP contribution in [0.4, 0.5) is 5.69 Å². The lowest BCUT2D eigenvalue weighted by Crippen LogP contribution is -2.45. The van der Waals surface area contributed by atoms with Crippen molar-refractivity contribution in [1.82, 2.24) is 15.5 Å². The van der Waals surface area contributed by atoms with E-state index < -0.39 is 6.10 Å². The molecule has 4 rings (SSSR count). The Morgan fingerprint density at radius 3 is 2.84 bits per heavy atom. The number of phenolic OH excluding ortho intramolecular Hbond substituents is 1. The third-order valence-corrected chi connectivity index (χ3v) is 4.24. The standard InChI is InChI=1S/C18H18N4O3/c23-13-3-1-11(2-4-13)12-7-15(14-9-20-22-16(14)8-12)21-18(24)17-10-19-5-6-25-17/h1-4,7-9,17,19,23H,5-6,10H2,(H,20,22)(H,21,24). The molecule has 1 atom stereocenters. The van der Waals surface area contributed by atoms with Crippen molar-refractivity contribution in [3.63, 3.8) is 0 Å². The number of carbonyl (C=O) groups is 1. The molecule has 4 N–H and O–H groups in total. The zero-order chi connectivity index (χ0) is 17.2. The van der Waals surface area contributed by atoms with Crippen LogP contribution in [-0.4, -0.2) is 47.0 Å². The number of anilines is 1. The Hall–Kier alpha value is -2.90. The van der Waals surface area contributed by atoms with Crippen LogP contribution < -0.4 is 10.6 Å². The first kappa shape index (κ1) is 15.6. The molecule has 0 spiro atoms. The van der Waals surface area contributed by atoms with E-state index in [2.05, 4.69) is 20.8 Å². The van der Waals surface area contributed by atoms with E-state index in [0.717, 1.165) is 28.6 Å². The molecule has 1 unspecified atom stereocenters. The van der Waals surface area contributed by atoms with E-state index in [4.69, 9.17) is 4.74 Å². The highest BCUT2D eigenvalue weighted by Gasteiger charge is 2.22. The maximum Gasteiger partial charge on any atom is 0.254 e. The Labute approximate surface area is 144 Å². The van der Waals surface area contributed by atoms with Crippen LogP contribution in [0.5, 0.6) is 5.75 Å². The largest absolute Gasteiger partial charge is 0.508 e. The molecule has 1 aromatic heterocycles. The molecule has 7 heteroatoms. The minimum Gasteiger partial charge on any atom is -0.508 e. The third-order valence-electron chi connectivity index (χ3n) is 4.24. The second-order valence-electron chi connectivity index (χ2n) is 5.95. The maximum atomic E-state index is 12.5. The summed E-state index contributed by atoms with van der Waals surface area (Å²) in [5.74, 6) is 0.0272. The molecule has 1 fully saturated rings. The molecule has 1 aliphatic rings. The first-order chi connectivity index (χ1) is 12.2. The van der Waals surface area contributed by atoms with Crippen LogP contribution in [0, 0.1) is 0 Å². The fourth-order valence-corrected chi connectivity index (χ4v) is 2.92. The van der Waals surface area contributed by atoms with Crippen LogP contribution in [0.25, 0.3) is 22.0 Å². The van der Waals surface area contributed by atoms with Crippen LogP contribution in [0.15, 0.2) is 42.6 Å². The van der Waals surface area contributed by atoms with Crippen molar-refractivity contribution in [2.24, 2.45) is 0 Å². The molecule has 0 bridgehead atoms. The fourth-order valence-electron chi connectivity index (χ4n) is 2.92. The molecular weight excluding hydrogens is 320 g/mol. The van der Waals surface area contributed by atoms with Gasteiger partial charge in [-0.25, -0.2) is 0 Å². The second-order valence-corrected chi connectivity index (χ2v) is 5.95. The number of benzene rings is 2. The summed E-state index contributed by atoms with van der Waals surface area (Å²) in [5, 5.41) is 23.4. The van der Waals surface area contributed by atoms with E-state index in [1.165, 1.54) is 0 Å². The third kappa shape index (κ3) is 3.19. The molecule has 1 saturated heterocycles. The van der Waals surface area contributed by atoms with Crippen molar-refractivity contribution in [2.75, 3.05) is 25.0 Å². The molecule has 0 aliphatic carbocycles. The number of ether oxygens (including phenoxy) is 1. The Bertz CT molecular complexity index is 898. The number of phenols is 1. The zero-order valence-electron chi connectivity index (χ0n) is 13.5. The normalized spacial score (nSPS) is 17.5. The quantitative estimate of drug-likeness (QED) is 0.584. The molecule has 25 heavy (non-hydrogen) atoms. The number of nitrogens with zero attached hydrogens (tertiary/aromatic N) is 1. The van der Waals surface area contributed by atoms with Crippen molar-refractivity contribution in [3.8, 4) is 16.9 Å². The number of aromatic amines is 1. The molecule has 2 aromatic carbocycles. The van der Waals surface area contributed by atoms with Gasteiger partial charge in [-0.1, -0.05) is 12.1 Å². The van der Waals surface area contributed by atoms with Crippen molar-refractivity contribution < 1.29 is 14.6 Å². The van der Waals surface area contributed by atoms with Crippen molar-refractivity contribution in [2.45, 2.75) is 6.10 Å². The predicted molar refractivity (Wildman–Crippen MR) is 94.4 cm³/mol. The maximum absolute atomic E-state index is 12.5. The Balaban J connectivity index is 1.68. The van der Waals surface area contributed by atoms with E-state index in [9.17, 15) is 9.90 Å². The number of hydrogen-bond acceptors (Lipinski definition) is 5. The smallest absolute Gasteiger partial charge is 0.254 e. The number of fused-ring (bicyclic) bond motifs is 1. The Morgan fingerprint density at radius 2 is 2.08 bits per heavy atom. The fraction of sp³-hybridized carbons (Fsp3) is 0.222. The van der Waals surface area contributed by atoms with Crippen molar-refractivity contribution >= 4 is 22.5 Å². The number of carbonyl (C=O) groups excluding carboxylic acids is 1. The van der Waals surface area contributed by atoms with Crippen LogP contribution in [0.2, 0.25) is 0 Å². The summed E-state index contributed by atoms with van der Waals surface area (Å²) in [4.78, 5) is 12.5. The van der Waals surface area contributed by atoms with Crippen LogP contribution in [0.1, 0.15) is 0 Å². The lowest BCUT2D eigenvalue weighted by Gasteiger charge is -2.23. The predicted octanol–water partition coefficient (Wildman–Crippen LogP) is 1.86. The lowest BCUT2D eigenvalue weighted by molar-refractivity contribution is -0.128. The summed E-state index contributed by atoms with van der Waals surface area (Å²) in [5.41, 5.74) is 3.34. The highest BCUT2D eigenvalue weighted by Crippen LogP contribution is 2.31. The SMILES string of the molecule is O=C(Nc1cc(-c2ccc(O)cc2)cc2[nH]ncc12)C1CNCCO1. The first-order valence-electron chi connectivity index (χ1n) is 8.10. The molecule has 0 radical (unpaired) electrons. The Morgan fingerprint density at radius 1 is 1.24 bits per heavy atom. The van der Waals surface area contributed by atoms with Gasteiger partial charge in [0.1, 0.15) is 11.9 Å². The van der Waals surface area contributed by atoms with Gasteiger partial charge in [-0.05, 0) is 35.4 Å². The van der Waals surface area contributed by atoms with Crippen LogP contribution >= 0.6 is 0 Å². The Kier molecular flexibility index (Phi) is 4.09. The van der Waals surface area contributed by atoms with Gasteiger partial charge < -0.3 is 20.5 Å². The van der Waals surface area contributed by atoms with Gasteiger partial charge in [0.25, 0.3) is 5.91 Å². The van der Waals surface area contributed by atoms with Gasteiger partial charge in [0.15, 0.2) is 0 Å². The molecule has 0 saturated carbocycles. The number of rotatable bonds is 3. The lowest BCUT2D eigenvalue weighted by atomic mass is 10.0. The second kappa shape index (κ2) is 6.54. The number of aromatic hydroxyl groups is 1. The average Bonchev–Trinajstić information content (AvgIpc) is 3.12. The van der Waals surface area contributed by atoms with E-state index in [1.54, 1.807) is 18.3 Å². The molecule has 1 aliphatic heterocycles. The molecule has 3 aromatic rings. The summed E-state index contributed by atoms with van der Waals surface area (Å²) in [7, 11) is 0. The van der Waals surface area contributed by atoms with Gasteiger partial charge in [0.2, 0.25) is 0 Å². The highest BCUT2D eigenvalue weighted by molar-refractivity contribution is 6.04. The van der Waals surface area contributed by atoms with Gasteiger partial charge in [-0.15, -0.1) is 0 Å². The number of aromatic nitrogens is 2. The van der Waals surface area contributed by atoms with Gasteiger partial charge in [0.05, 0.1) is 24.0 Å². The summed E-state index contributed by atoms with van der Waals surface area (Å²) < 4.78 is 5.51. The summed E-state index contributed by atoms with van der Waals surface area (Å²) in [6.45, 7) is 1.77. The topological polar surface area (TPSA) is 99.3 Å². The van der Waals surface area contributed by atoms with Gasteiger partial charge in [-0.2, -0.15) is 5.10 Å². The van der Waals surface area contributed by atoms with E-state index in [-0.39, 0.29) is 11.7 Å². The van der Waals surface area contributed by atoms with Crippen molar-refractivity contribution in [1.29, 1.82) is 0 Å². The van der Waals surface area contributed by atoms with Gasteiger partial charge in [-0.3, -0.25) is 9.89 Å². The summed E-state index contributed by atoms with van der Waals surface area (Å²) >= 11 is 0. The van der Waals surface area contributed by atoms with Crippen LogP contribution in [0.3, 0.4) is 0 Å². The van der Waals surface area contributed by atoms with E-state index in [0.29, 0.717) is 18.8 Å². The number of H-pyrrole nitrogens is 1. The summed E-state index contributed by atoms with van der Waals surface area (Å²) in [6.07, 6.45) is 1.18. The number of nitrogens with one attached hydrogen (secondary N) is 3. The number of hydrogen-bond donors (Lipinski definition) is 4. The zero-order valence-corrected chi connectivity index (χ0v) is 13.5. The number of amides is 1.